The Bertz CT molecular complexity index is 1380. The predicted octanol–water partition coefficient (Wildman–Crippen LogP) is 4.30. The van der Waals surface area contributed by atoms with Gasteiger partial charge in [0.1, 0.15) is 11.5 Å². The number of carbonyl (C=O) groups is 1. The van der Waals surface area contributed by atoms with Crippen molar-refractivity contribution in [2.24, 2.45) is 5.41 Å². The zero-order valence-electron chi connectivity index (χ0n) is 19.1. The molecule has 0 bridgehead atoms. The Balaban J connectivity index is 1.58. The van der Waals surface area contributed by atoms with Crippen LogP contribution in [0.1, 0.15) is 36.1 Å². The topological polar surface area (TPSA) is 82.6 Å². The molecule has 3 aromatic rings. The van der Waals surface area contributed by atoms with Crippen molar-refractivity contribution in [3.05, 3.63) is 65.4 Å². The zero-order valence-corrected chi connectivity index (χ0v) is 19.9. The number of aryl methyl sites for hydroxylation is 2. The first kappa shape index (κ1) is 22.0. The molecule has 0 amide bonds. The zero-order chi connectivity index (χ0) is 23.4. The molecular formula is C26H27NO5S. The van der Waals surface area contributed by atoms with Gasteiger partial charge in [0, 0.05) is 16.6 Å². The van der Waals surface area contributed by atoms with Crippen LogP contribution in [0, 0.1) is 19.3 Å². The molecule has 0 radical (unpaired) electrons. The van der Waals surface area contributed by atoms with E-state index in [0.717, 1.165) is 24.1 Å². The average Bonchev–Trinajstić information content (AvgIpc) is 3.42. The number of fused-ring (bicyclic) bond motifs is 1. The second kappa shape index (κ2) is 7.64. The highest BCUT2D eigenvalue weighted by molar-refractivity contribution is 7.92. The van der Waals surface area contributed by atoms with Crippen LogP contribution in [0.15, 0.2) is 53.4 Å². The third kappa shape index (κ3) is 3.73. The molecule has 7 heteroatoms. The summed E-state index contributed by atoms with van der Waals surface area (Å²) in [6.45, 7) is 4.24. The summed E-state index contributed by atoms with van der Waals surface area (Å²) < 4.78 is 38.9. The molecule has 2 heterocycles. The first-order chi connectivity index (χ1) is 15.7. The summed E-state index contributed by atoms with van der Waals surface area (Å²) in [7, 11) is -2.39. The Labute approximate surface area is 193 Å². The van der Waals surface area contributed by atoms with E-state index in [1.165, 1.54) is 0 Å². The van der Waals surface area contributed by atoms with Crippen molar-refractivity contribution in [3.8, 4) is 5.75 Å². The van der Waals surface area contributed by atoms with Gasteiger partial charge >= 0.3 is 0 Å². The van der Waals surface area contributed by atoms with Gasteiger partial charge in [-0.15, -0.1) is 0 Å². The largest absolute Gasteiger partial charge is 0.496 e. The van der Waals surface area contributed by atoms with Crippen LogP contribution >= 0.6 is 0 Å². The minimum absolute atomic E-state index is 0.0466. The van der Waals surface area contributed by atoms with Gasteiger partial charge in [-0.3, -0.25) is 9.78 Å². The van der Waals surface area contributed by atoms with Crippen molar-refractivity contribution in [2.45, 2.75) is 43.6 Å². The lowest BCUT2D eigenvalue weighted by Crippen LogP contribution is -2.40. The van der Waals surface area contributed by atoms with E-state index in [-0.39, 0.29) is 10.3 Å². The Kier molecular flexibility index (Phi) is 5.10. The van der Waals surface area contributed by atoms with Crippen LogP contribution in [0.25, 0.3) is 10.9 Å². The maximum absolute atomic E-state index is 13.9. The fraction of sp³-hybridized carbons (Fsp3) is 0.385. The van der Waals surface area contributed by atoms with Crippen LogP contribution in [0.2, 0.25) is 0 Å². The number of rotatable bonds is 6. The van der Waals surface area contributed by atoms with Crippen LogP contribution in [0.4, 0.5) is 0 Å². The van der Waals surface area contributed by atoms with E-state index in [1.54, 1.807) is 37.4 Å². The van der Waals surface area contributed by atoms with E-state index < -0.39 is 27.0 Å². The molecule has 1 aliphatic heterocycles. The molecule has 2 aromatic carbocycles. The van der Waals surface area contributed by atoms with Crippen LogP contribution in [0.3, 0.4) is 0 Å². The third-order valence-corrected chi connectivity index (χ3v) is 8.60. The smallest absolute Gasteiger partial charge is 0.186 e. The molecule has 5 rings (SSSR count). The van der Waals surface area contributed by atoms with Gasteiger partial charge in [0.25, 0.3) is 0 Å². The van der Waals surface area contributed by atoms with Gasteiger partial charge < -0.3 is 9.47 Å². The number of pyridine rings is 1. The van der Waals surface area contributed by atoms with Crippen molar-refractivity contribution in [1.29, 1.82) is 0 Å². The maximum atomic E-state index is 13.9. The molecule has 2 aliphatic rings. The molecule has 6 nitrogen and oxygen atoms in total. The maximum Gasteiger partial charge on any atom is 0.186 e. The van der Waals surface area contributed by atoms with E-state index in [4.69, 9.17) is 9.47 Å². The Morgan fingerprint density at radius 1 is 1.12 bits per heavy atom. The van der Waals surface area contributed by atoms with Gasteiger partial charge in [-0.25, -0.2) is 8.42 Å². The number of nitrogens with zero attached hydrogens (tertiary/aromatic N) is 1. The van der Waals surface area contributed by atoms with Crippen LogP contribution in [0.5, 0.6) is 5.75 Å². The van der Waals surface area contributed by atoms with Crippen molar-refractivity contribution < 1.29 is 22.7 Å². The van der Waals surface area contributed by atoms with Gasteiger partial charge in [-0.05, 0) is 74.9 Å². The molecule has 33 heavy (non-hydrogen) atoms. The van der Waals surface area contributed by atoms with Gasteiger partial charge in [0.2, 0.25) is 0 Å². The normalized spacial score (nSPS) is 21.4. The standard InChI is InChI=1S/C26H27NO5S/c1-17-7-10-22(31-3)20(13-17)26(15-25(11-12-25)16-32-26)24(28)14-33(29,30)23-6-4-5-21-19(23)9-8-18(2)27-21/h4-10,13H,11-12,14-16H2,1-3H3/t26-/m1/s1. The Morgan fingerprint density at radius 2 is 1.91 bits per heavy atom. The summed E-state index contributed by atoms with van der Waals surface area (Å²) in [5, 5.41) is 0.518. The highest BCUT2D eigenvalue weighted by Gasteiger charge is 2.60. The van der Waals surface area contributed by atoms with Crippen molar-refractivity contribution in [3.63, 3.8) is 0 Å². The van der Waals surface area contributed by atoms with E-state index in [1.807, 2.05) is 32.0 Å². The number of sulfone groups is 1. The highest BCUT2D eigenvalue weighted by Crippen LogP contribution is 2.61. The summed E-state index contributed by atoms with van der Waals surface area (Å²) in [5.41, 5.74) is 1.58. The summed E-state index contributed by atoms with van der Waals surface area (Å²) in [6.07, 6.45) is 2.44. The van der Waals surface area contributed by atoms with Gasteiger partial charge in [0.05, 0.1) is 24.1 Å². The molecule has 0 N–H and O–H groups in total. The quantitative estimate of drug-likeness (QED) is 0.540. The van der Waals surface area contributed by atoms with Crippen LogP contribution in [-0.2, 0) is 25.0 Å². The number of hydrogen-bond acceptors (Lipinski definition) is 6. The molecule has 1 atom stereocenters. The second-order valence-electron chi connectivity index (χ2n) is 9.45. The number of hydrogen-bond donors (Lipinski definition) is 0. The van der Waals surface area contributed by atoms with Gasteiger partial charge in [-0.2, -0.15) is 0 Å². The van der Waals surface area contributed by atoms with Crippen molar-refractivity contribution in [1.82, 2.24) is 4.98 Å². The number of methoxy groups -OCH3 is 1. The third-order valence-electron chi connectivity index (χ3n) is 6.93. The molecule has 1 aliphatic carbocycles. The second-order valence-corrected chi connectivity index (χ2v) is 11.4. The molecule has 0 unspecified atom stereocenters. The molecule has 1 saturated heterocycles. The van der Waals surface area contributed by atoms with Crippen molar-refractivity contribution >= 4 is 26.5 Å². The van der Waals surface area contributed by atoms with Crippen LogP contribution in [-0.4, -0.2) is 38.7 Å². The Hall–Kier alpha value is -2.77. The minimum Gasteiger partial charge on any atom is -0.496 e. The number of carbonyl (C=O) groups excluding carboxylic acids is 1. The molecule has 1 saturated carbocycles. The lowest BCUT2D eigenvalue weighted by molar-refractivity contribution is -0.137. The SMILES string of the molecule is COc1ccc(C)cc1[C@@]1(C(=O)CS(=O)(=O)c2cccc3nc(C)ccc23)CC2(CC2)CO1. The van der Waals surface area contributed by atoms with E-state index in [9.17, 15) is 13.2 Å². The van der Waals surface area contributed by atoms with E-state index in [0.29, 0.717) is 35.2 Å². The fourth-order valence-electron chi connectivity index (χ4n) is 4.91. The fourth-order valence-corrected chi connectivity index (χ4v) is 6.44. The number of benzene rings is 2. The number of ketones is 1. The van der Waals surface area contributed by atoms with E-state index >= 15 is 0 Å². The average molecular weight is 466 g/mol. The minimum atomic E-state index is -3.94. The summed E-state index contributed by atoms with van der Waals surface area (Å²) in [6, 6.07) is 14.1. The van der Waals surface area contributed by atoms with Crippen LogP contribution < -0.4 is 4.74 Å². The molecule has 1 spiro atoms. The Morgan fingerprint density at radius 3 is 2.61 bits per heavy atom. The lowest BCUT2D eigenvalue weighted by Gasteiger charge is -2.29. The summed E-state index contributed by atoms with van der Waals surface area (Å²) in [4.78, 5) is 18.4. The highest BCUT2D eigenvalue weighted by atomic mass is 32.2. The number of aromatic nitrogens is 1. The summed E-state index contributed by atoms with van der Waals surface area (Å²) in [5.74, 6) is -0.561. The first-order valence-electron chi connectivity index (χ1n) is 11.1. The van der Waals surface area contributed by atoms with Crippen molar-refractivity contribution in [2.75, 3.05) is 19.5 Å². The van der Waals surface area contributed by atoms with E-state index in [2.05, 4.69) is 4.98 Å². The molecule has 1 aromatic heterocycles. The van der Waals surface area contributed by atoms with Gasteiger partial charge in [-0.1, -0.05) is 17.7 Å². The number of Topliss-reactive ketones (excluding diaryl/α,β-unsaturated/α-hetero) is 1. The predicted molar refractivity (Wildman–Crippen MR) is 125 cm³/mol. The first-order valence-corrected chi connectivity index (χ1v) is 12.7. The number of ether oxygens (including phenoxy) is 2. The molecule has 172 valence electrons. The lowest BCUT2D eigenvalue weighted by atomic mass is 9.82. The van der Waals surface area contributed by atoms with Gasteiger partial charge in [0.15, 0.2) is 21.2 Å². The molecular weight excluding hydrogens is 438 g/mol. The summed E-state index contributed by atoms with van der Waals surface area (Å²) >= 11 is 0. The molecule has 2 fully saturated rings. The monoisotopic (exact) mass is 465 g/mol.